The summed E-state index contributed by atoms with van der Waals surface area (Å²) >= 11 is 0. The molecule has 1 fully saturated rings. The van der Waals surface area contributed by atoms with Crippen molar-refractivity contribution in [2.45, 2.75) is 77.5 Å². The lowest BCUT2D eigenvalue weighted by Crippen LogP contribution is -2.57. The third-order valence-corrected chi connectivity index (χ3v) is 5.20. The molecule has 0 radical (unpaired) electrons. The number of hydrogen-bond donors (Lipinski definition) is 5. The van der Waals surface area contributed by atoms with Crippen molar-refractivity contribution in [3.05, 3.63) is 0 Å². The molecule has 4 unspecified atom stereocenters. The molecule has 0 spiro atoms. The fraction of sp³-hybridized carbons (Fsp3) is 0.750. The van der Waals surface area contributed by atoms with Crippen LogP contribution in [0, 0.1) is 11.8 Å². The minimum atomic E-state index is -1.47. The molecule has 176 valence electrons. The van der Waals surface area contributed by atoms with Gasteiger partial charge in [-0.1, -0.05) is 27.7 Å². The van der Waals surface area contributed by atoms with E-state index in [1.165, 1.54) is 4.90 Å². The maximum atomic E-state index is 13.2. The number of carbonyl (C=O) groups is 5. The van der Waals surface area contributed by atoms with Crippen LogP contribution in [-0.2, 0) is 24.0 Å². The van der Waals surface area contributed by atoms with Gasteiger partial charge in [0.2, 0.25) is 23.6 Å². The quantitative estimate of drug-likeness (QED) is 0.270. The molecule has 31 heavy (non-hydrogen) atoms. The van der Waals surface area contributed by atoms with Gasteiger partial charge in [-0.05, 0) is 31.1 Å². The molecular formula is C20H35N5O6. The van der Waals surface area contributed by atoms with Crippen LogP contribution in [-0.4, -0.2) is 70.3 Å². The van der Waals surface area contributed by atoms with Crippen LogP contribution in [0.2, 0.25) is 0 Å². The van der Waals surface area contributed by atoms with E-state index >= 15 is 0 Å². The van der Waals surface area contributed by atoms with Gasteiger partial charge in [0.25, 0.3) is 0 Å². The maximum Gasteiger partial charge on any atom is 0.326 e. The number of hydrogen-bond acceptors (Lipinski definition) is 6. The third-order valence-electron chi connectivity index (χ3n) is 5.20. The van der Waals surface area contributed by atoms with E-state index in [-0.39, 0.29) is 11.8 Å². The average Bonchev–Trinajstić information content (AvgIpc) is 3.14. The van der Waals surface area contributed by atoms with E-state index in [0.29, 0.717) is 25.8 Å². The van der Waals surface area contributed by atoms with Gasteiger partial charge < -0.3 is 32.1 Å². The van der Waals surface area contributed by atoms with Crippen molar-refractivity contribution in [2.75, 3.05) is 6.54 Å². The number of carbonyl (C=O) groups excluding carboxylic acids is 4. The molecule has 0 aromatic carbocycles. The Hall–Kier alpha value is -2.69. The number of primary amides is 1. The van der Waals surface area contributed by atoms with E-state index in [9.17, 15) is 29.1 Å². The highest BCUT2D eigenvalue weighted by Crippen LogP contribution is 2.21. The molecule has 0 aromatic heterocycles. The van der Waals surface area contributed by atoms with Crippen molar-refractivity contribution in [1.29, 1.82) is 0 Å². The Balaban J connectivity index is 2.97. The summed E-state index contributed by atoms with van der Waals surface area (Å²) in [7, 11) is 0. The lowest BCUT2D eigenvalue weighted by molar-refractivity contribution is -0.146. The summed E-state index contributed by atoms with van der Waals surface area (Å²) < 4.78 is 0. The molecular weight excluding hydrogens is 406 g/mol. The Morgan fingerprint density at radius 3 is 2.16 bits per heavy atom. The molecule has 1 aliphatic rings. The second-order valence-electron chi connectivity index (χ2n) is 8.72. The number of likely N-dealkylation sites (tertiary alicyclic amines) is 1. The molecule has 1 aliphatic heterocycles. The number of amides is 4. The first-order valence-corrected chi connectivity index (χ1v) is 10.5. The van der Waals surface area contributed by atoms with Gasteiger partial charge in [-0.2, -0.15) is 0 Å². The number of nitrogens with zero attached hydrogens (tertiary/aromatic N) is 1. The van der Waals surface area contributed by atoms with Crippen LogP contribution in [0.15, 0.2) is 0 Å². The lowest BCUT2D eigenvalue weighted by Gasteiger charge is -2.31. The zero-order valence-corrected chi connectivity index (χ0v) is 18.6. The lowest BCUT2D eigenvalue weighted by atomic mass is 10.00. The van der Waals surface area contributed by atoms with E-state index in [4.69, 9.17) is 11.5 Å². The first-order valence-electron chi connectivity index (χ1n) is 10.5. The predicted molar refractivity (Wildman–Crippen MR) is 112 cm³/mol. The molecule has 0 saturated carbocycles. The highest BCUT2D eigenvalue weighted by Gasteiger charge is 2.39. The smallest absolute Gasteiger partial charge is 0.326 e. The van der Waals surface area contributed by atoms with Gasteiger partial charge in [0.05, 0.1) is 12.5 Å². The number of carboxylic acid groups (broad SMARTS) is 1. The number of nitrogens with two attached hydrogens (primary N) is 2. The van der Waals surface area contributed by atoms with E-state index in [1.807, 2.05) is 13.8 Å². The molecule has 7 N–H and O–H groups in total. The molecule has 11 heteroatoms. The third kappa shape index (κ3) is 7.82. The maximum absolute atomic E-state index is 13.2. The number of aliphatic carboxylic acids is 1. The van der Waals surface area contributed by atoms with E-state index < -0.39 is 60.2 Å². The van der Waals surface area contributed by atoms with Crippen LogP contribution in [0.3, 0.4) is 0 Å². The first kappa shape index (κ1) is 26.3. The first-order chi connectivity index (χ1) is 14.3. The summed E-state index contributed by atoms with van der Waals surface area (Å²) in [5.41, 5.74) is 10.9. The molecule has 1 rings (SSSR count). The summed E-state index contributed by atoms with van der Waals surface area (Å²) in [4.78, 5) is 62.1. The van der Waals surface area contributed by atoms with Crippen molar-refractivity contribution in [1.82, 2.24) is 15.5 Å². The van der Waals surface area contributed by atoms with Gasteiger partial charge in [-0.3, -0.25) is 19.2 Å². The molecule has 4 amide bonds. The van der Waals surface area contributed by atoms with Gasteiger partial charge in [0, 0.05) is 6.54 Å². The second-order valence-corrected chi connectivity index (χ2v) is 8.72. The summed E-state index contributed by atoms with van der Waals surface area (Å²) in [6.45, 7) is 7.71. The normalized spacial score (nSPS) is 19.1. The fourth-order valence-corrected chi connectivity index (χ4v) is 3.44. The van der Waals surface area contributed by atoms with Crippen molar-refractivity contribution < 1.29 is 29.1 Å². The molecule has 11 nitrogen and oxygen atoms in total. The monoisotopic (exact) mass is 441 g/mol. The van der Waals surface area contributed by atoms with Gasteiger partial charge in [0.1, 0.15) is 18.1 Å². The minimum absolute atomic E-state index is 0.0892. The number of carboxylic acids is 1. The molecule has 0 aromatic rings. The molecule has 0 bridgehead atoms. The molecule has 1 heterocycles. The molecule has 0 aliphatic carbocycles. The molecule has 4 atom stereocenters. The average molecular weight is 442 g/mol. The number of rotatable bonds is 11. The van der Waals surface area contributed by atoms with Crippen LogP contribution >= 0.6 is 0 Å². The van der Waals surface area contributed by atoms with Crippen LogP contribution < -0.4 is 22.1 Å². The summed E-state index contributed by atoms with van der Waals surface area (Å²) in [6.07, 6.45) is 0.695. The van der Waals surface area contributed by atoms with Gasteiger partial charge in [-0.25, -0.2) is 4.79 Å². The Bertz CT molecular complexity index is 696. The van der Waals surface area contributed by atoms with Crippen molar-refractivity contribution in [3.63, 3.8) is 0 Å². The van der Waals surface area contributed by atoms with Gasteiger partial charge >= 0.3 is 5.97 Å². The van der Waals surface area contributed by atoms with Crippen molar-refractivity contribution in [2.24, 2.45) is 23.3 Å². The summed E-state index contributed by atoms with van der Waals surface area (Å²) in [5.74, 6) is -3.82. The van der Waals surface area contributed by atoms with Crippen LogP contribution in [0.1, 0.15) is 53.4 Å². The predicted octanol–water partition coefficient (Wildman–Crippen LogP) is -1.06. The Kier molecular flexibility index (Phi) is 9.89. The van der Waals surface area contributed by atoms with Gasteiger partial charge in [0.15, 0.2) is 0 Å². The largest absolute Gasteiger partial charge is 0.480 e. The van der Waals surface area contributed by atoms with Crippen molar-refractivity contribution in [3.8, 4) is 0 Å². The van der Waals surface area contributed by atoms with E-state index in [2.05, 4.69) is 10.6 Å². The van der Waals surface area contributed by atoms with Crippen LogP contribution in [0.4, 0.5) is 0 Å². The minimum Gasteiger partial charge on any atom is -0.480 e. The summed E-state index contributed by atoms with van der Waals surface area (Å²) in [6, 6.07) is -4.00. The van der Waals surface area contributed by atoms with E-state index in [0.717, 1.165) is 0 Å². The Labute approximate surface area is 182 Å². The topological polar surface area (TPSA) is 185 Å². The Morgan fingerprint density at radius 2 is 1.68 bits per heavy atom. The summed E-state index contributed by atoms with van der Waals surface area (Å²) in [5, 5.41) is 14.2. The highest BCUT2D eigenvalue weighted by atomic mass is 16.4. The highest BCUT2D eigenvalue weighted by molar-refractivity contribution is 5.95. The SMILES string of the molecule is CC(C)CC(NC(=O)C(N)C(C)C)C(=O)N1CCCC1C(=O)NC(CC(N)=O)C(=O)O. The van der Waals surface area contributed by atoms with Crippen LogP contribution in [0.5, 0.6) is 0 Å². The fourth-order valence-electron chi connectivity index (χ4n) is 3.44. The standard InChI is InChI=1S/C20H35N5O6/c1-10(2)8-12(23-18(28)16(22)11(3)4)19(29)25-7-5-6-14(25)17(27)24-13(20(30)31)9-15(21)26/h10-14,16H,5-9,22H2,1-4H3,(H2,21,26)(H,23,28)(H,24,27)(H,30,31). The Morgan fingerprint density at radius 1 is 1.06 bits per heavy atom. The molecule has 1 saturated heterocycles. The zero-order valence-electron chi connectivity index (χ0n) is 18.6. The van der Waals surface area contributed by atoms with Crippen LogP contribution in [0.25, 0.3) is 0 Å². The second kappa shape index (κ2) is 11.6. The zero-order chi connectivity index (χ0) is 23.9. The number of nitrogens with one attached hydrogen (secondary N) is 2. The van der Waals surface area contributed by atoms with E-state index in [1.54, 1.807) is 13.8 Å². The van der Waals surface area contributed by atoms with Crippen molar-refractivity contribution >= 4 is 29.6 Å². The van der Waals surface area contributed by atoms with Gasteiger partial charge in [-0.15, -0.1) is 0 Å².